The second-order valence-electron chi connectivity index (χ2n) is 4.30. The summed E-state index contributed by atoms with van der Waals surface area (Å²) in [6.07, 6.45) is 0. The molecule has 0 aromatic carbocycles. The van der Waals surface area contributed by atoms with Crippen molar-refractivity contribution in [2.24, 2.45) is 0 Å². The topological polar surface area (TPSA) is 114 Å². The first-order valence-corrected chi connectivity index (χ1v) is 6.66. The zero-order valence-electron chi connectivity index (χ0n) is 12.5. The van der Waals surface area contributed by atoms with Gasteiger partial charge in [0.1, 0.15) is 5.69 Å². The summed E-state index contributed by atoms with van der Waals surface area (Å²) in [4.78, 5) is 20.7. The lowest BCUT2D eigenvalue weighted by Crippen LogP contribution is -2.32. The predicted octanol–water partition coefficient (Wildman–Crippen LogP) is 0.570. The second-order valence-corrected chi connectivity index (χ2v) is 4.30. The third-order valence-corrected chi connectivity index (χ3v) is 2.79. The van der Waals surface area contributed by atoms with Crippen molar-refractivity contribution in [3.05, 3.63) is 15.8 Å². The van der Waals surface area contributed by atoms with Gasteiger partial charge in [0, 0.05) is 26.7 Å². The Bertz CT molecular complexity index is 483. The molecule has 1 aromatic heterocycles. The molecule has 0 fully saturated rings. The zero-order valence-corrected chi connectivity index (χ0v) is 12.5. The number of nitrogens with one attached hydrogen (secondary N) is 1. The van der Waals surface area contributed by atoms with Gasteiger partial charge in [-0.15, -0.1) is 0 Å². The highest BCUT2D eigenvalue weighted by Gasteiger charge is 2.26. The lowest BCUT2D eigenvalue weighted by molar-refractivity contribution is -0.385. The molecular weight excluding hydrogens is 278 g/mol. The number of aromatic nitrogens is 2. The van der Waals surface area contributed by atoms with E-state index in [4.69, 9.17) is 9.84 Å². The average Bonchev–Trinajstić information content (AvgIpc) is 2.42. The van der Waals surface area contributed by atoms with Gasteiger partial charge in [0.25, 0.3) is 0 Å². The van der Waals surface area contributed by atoms with E-state index in [1.807, 2.05) is 6.92 Å². The van der Waals surface area contributed by atoms with Crippen molar-refractivity contribution in [1.29, 1.82) is 0 Å². The zero-order chi connectivity index (χ0) is 15.8. The van der Waals surface area contributed by atoms with Crippen molar-refractivity contribution < 1.29 is 14.8 Å². The van der Waals surface area contributed by atoms with Gasteiger partial charge < -0.3 is 20.1 Å². The minimum absolute atomic E-state index is 0.138. The molecule has 0 aliphatic carbocycles. The number of ether oxygens (including phenoxy) is 1. The molecule has 2 N–H and O–H groups in total. The molecule has 0 saturated heterocycles. The largest absolute Gasteiger partial charge is 0.395 e. The molecule has 0 amide bonds. The minimum Gasteiger partial charge on any atom is -0.395 e. The van der Waals surface area contributed by atoms with Crippen LogP contribution in [0.25, 0.3) is 0 Å². The van der Waals surface area contributed by atoms with Crippen molar-refractivity contribution in [2.45, 2.75) is 13.8 Å². The van der Waals surface area contributed by atoms with E-state index in [0.717, 1.165) is 0 Å². The normalized spacial score (nSPS) is 10.5. The Morgan fingerprint density at radius 2 is 2.14 bits per heavy atom. The lowest BCUT2D eigenvalue weighted by Gasteiger charge is -2.23. The molecule has 1 aromatic rings. The van der Waals surface area contributed by atoms with Crippen LogP contribution >= 0.6 is 0 Å². The first-order valence-electron chi connectivity index (χ1n) is 6.66. The van der Waals surface area contributed by atoms with Gasteiger partial charge in [-0.25, -0.2) is 4.98 Å². The Morgan fingerprint density at radius 1 is 1.43 bits per heavy atom. The molecule has 0 radical (unpaired) electrons. The summed E-state index contributed by atoms with van der Waals surface area (Å²) >= 11 is 0. The average molecular weight is 299 g/mol. The molecule has 0 saturated carbocycles. The van der Waals surface area contributed by atoms with E-state index in [9.17, 15) is 10.1 Å². The summed E-state index contributed by atoms with van der Waals surface area (Å²) < 4.78 is 5.00. The summed E-state index contributed by atoms with van der Waals surface area (Å²) in [5, 5.41) is 23.4. The van der Waals surface area contributed by atoms with Crippen molar-refractivity contribution in [1.82, 2.24) is 9.97 Å². The summed E-state index contributed by atoms with van der Waals surface area (Å²) in [6.45, 7) is 4.91. The van der Waals surface area contributed by atoms with E-state index < -0.39 is 4.92 Å². The van der Waals surface area contributed by atoms with Crippen molar-refractivity contribution >= 4 is 17.5 Å². The number of nitrogens with zero attached hydrogens (tertiary/aromatic N) is 4. The maximum Gasteiger partial charge on any atom is 0.332 e. The van der Waals surface area contributed by atoms with Crippen molar-refractivity contribution in [2.75, 3.05) is 50.2 Å². The molecule has 0 aliphatic rings. The monoisotopic (exact) mass is 299 g/mol. The van der Waals surface area contributed by atoms with E-state index >= 15 is 0 Å². The van der Waals surface area contributed by atoms with Crippen LogP contribution in [-0.4, -0.2) is 60.0 Å². The quantitative estimate of drug-likeness (QED) is 0.502. The Balaban J connectivity index is 3.28. The molecule has 9 nitrogen and oxygen atoms in total. The molecule has 21 heavy (non-hydrogen) atoms. The number of aryl methyl sites for hydroxylation is 1. The van der Waals surface area contributed by atoms with E-state index in [2.05, 4.69) is 15.3 Å². The number of anilines is 2. The predicted molar refractivity (Wildman–Crippen MR) is 78.8 cm³/mol. The van der Waals surface area contributed by atoms with Gasteiger partial charge in [-0.1, -0.05) is 0 Å². The number of hydrogen-bond acceptors (Lipinski definition) is 8. The minimum atomic E-state index is -0.502. The first-order chi connectivity index (χ1) is 10.0. The van der Waals surface area contributed by atoms with Crippen LogP contribution in [0.1, 0.15) is 12.6 Å². The Kier molecular flexibility index (Phi) is 6.76. The maximum absolute atomic E-state index is 11.3. The standard InChI is InChI=1S/C12H21N5O4/c1-4-13-12-14-9(2)10(17(19)20)11(15-12)16(5-7-18)6-8-21-3/h18H,4-8H2,1-3H3,(H,13,14,15). The number of methoxy groups -OCH3 is 1. The van der Waals surface area contributed by atoms with Gasteiger partial charge in [-0.3, -0.25) is 10.1 Å². The van der Waals surface area contributed by atoms with Gasteiger partial charge in [-0.2, -0.15) is 4.98 Å². The Morgan fingerprint density at radius 3 is 2.67 bits per heavy atom. The van der Waals surface area contributed by atoms with E-state index in [1.165, 1.54) is 0 Å². The van der Waals surface area contributed by atoms with Crippen LogP contribution in [0.3, 0.4) is 0 Å². The van der Waals surface area contributed by atoms with Gasteiger partial charge >= 0.3 is 5.69 Å². The molecule has 1 heterocycles. The second kappa shape index (κ2) is 8.32. The maximum atomic E-state index is 11.3. The Hall–Kier alpha value is -2.00. The van der Waals surface area contributed by atoms with Gasteiger partial charge in [0.2, 0.25) is 11.8 Å². The highest BCUT2D eigenvalue weighted by atomic mass is 16.6. The number of nitro groups is 1. The van der Waals surface area contributed by atoms with Crippen LogP contribution in [0, 0.1) is 17.0 Å². The summed E-state index contributed by atoms with van der Waals surface area (Å²) in [5.41, 5.74) is 0.127. The molecule has 9 heteroatoms. The van der Waals surface area contributed by atoms with Crippen LogP contribution in [-0.2, 0) is 4.74 Å². The van der Waals surface area contributed by atoms with Crippen LogP contribution < -0.4 is 10.2 Å². The van der Waals surface area contributed by atoms with Crippen molar-refractivity contribution in [3.8, 4) is 0 Å². The van der Waals surface area contributed by atoms with E-state index in [1.54, 1.807) is 18.9 Å². The summed E-state index contributed by atoms with van der Waals surface area (Å²) in [6, 6.07) is 0. The van der Waals surface area contributed by atoms with Crippen LogP contribution in [0.2, 0.25) is 0 Å². The molecule has 1 rings (SSSR count). The van der Waals surface area contributed by atoms with Gasteiger partial charge in [0.15, 0.2) is 0 Å². The molecule has 0 atom stereocenters. The SMILES string of the molecule is CCNc1nc(C)c([N+](=O)[O-])c(N(CCO)CCOC)n1. The van der Waals surface area contributed by atoms with Crippen LogP contribution in [0.5, 0.6) is 0 Å². The van der Waals surface area contributed by atoms with E-state index in [-0.39, 0.29) is 30.4 Å². The van der Waals surface area contributed by atoms with Gasteiger partial charge in [-0.05, 0) is 13.8 Å². The number of aliphatic hydroxyl groups is 1. The fourth-order valence-electron chi connectivity index (χ4n) is 1.87. The first kappa shape index (κ1) is 17.1. The highest BCUT2D eigenvalue weighted by Crippen LogP contribution is 2.29. The fourth-order valence-corrected chi connectivity index (χ4v) is 1.87. The molecule has 0 unspecified atom stereocenters. The van der Waals surface area contributed by atoms with Gasteiger partial charge in [0.05, 0.1) is 18.1 Å². The lowest BCUT2D eigenvalue weighted by atomic mass is 10.3. The molecule has 118 valence electrons. The third kappa shape index (κ3) is 4.50. The third-order valence-electron chi connectivity index (χ3n) is 2.79. The number of aliphatic hydroxyl groups excluding tert-OH is 1. The Labute approximate surface area is 123 Å². The van der Waals surface area contributed by atoms with Crippen LogP contribution in [0.4, 0.5) is 17.5 Å². The summed E-state index contributed by atoms with van der Waals surface area (Å²) in [5.74, 6) is 0.519. The van der Waals surface area contributed by atoms with Crippen molar-refractivity contribution in [3.63, 3.8) is 0 Å². The smallest absolute Gasteiger partial charge is 0.332 e. The molecular formula is C12H21N5O4. The molecule has 0 spiro atoms. The highest BCUT2D eigenvalue weighted by molar-refractivity contribution is 5.62. The molecule has 0 bridgehead atoms. The van der Waals surface area contributed by atoms with Crippen LogP contribution in [0.15, 0.2) is 0 Å². The number of rotatable bonds is 9. The molecule has 0 aliphatic heterocycles. The fraction of sp³-hybridized carbons (Fsp3) is 0.667. The summed E-state index contributed by atoms with van der Waals surface area (Å²) in [7, 11) is 1.54. The number of hydrogen-bond donors (Lipinski definition) is 2. The van der Waals surface area contributed by atoms with E-state index in [0.29, 0.717) is 25.6 Å².